The van der Waals surface area contributed by atoms with Crippen molar-refractivity contribution in [3.05, 3.63) is 22.6 Å². The first-order valence-electron chi connectivity index (χ1n) is 8.09. The van der Waals surface area contributed by atoms with Crippen LogP contribution in [-0.4, -0.2) is 16.3 Å². The Morgan fingerprint density at radius 2 is 1.75 bits per heavy atom. The molecule has 0 aromatic carbocycles. The highest BCUT2D eigenvalue weighted by Gasteiger charge is 1.99. The predicted molar refractivity (Wildman–Crippen MR) is 85.3 cm³/mol. The van der Waals surface area contributed by atoms with Crippen molar-refractivity contribution in [2.45, 2.75) is 71.8 Å². The van der Waals surface area contributed by atoms with Crippen LogP contribution in [0.3, 0.4) is 0 Å². The molecule has 1 rings (SSSR count). The van der Waals surface area contributed by atoms with Crippen LogP contribution >= 0.6 is 0 Å². The van der Waals surface area contributed by atoms with Gasteiger partial charge in [0, 0.05) is 19.2 Å². The Morgan fingerprint density at radius 3 is 2.40 bits per heavy atom. The molecule has 1 aromatic heterocycles. The lowest BCUT2D eigenvalue weighted by Gasteiger charge is -2.07. The van der Waals surface area contributed by atoms with E-state index in [4.69, 9.17) is 0 Å². The highest BCUT2D eigenvalue weighted by molar-refractivity contribution is 5.38. The second-order valence-corrected chi connectivity index (χ2v) is 5.35. The summed E-state index contributed by atoms with van der Waals surface area (Å²) < 4.78 is 1.57. The molecule has 4 heteroatoms. The molecule has 1 heterocycles. The third kappa shape index (κ3) is 6.73. The quantitative estimate of drug-likeness (QED) is 0.626. The maximum Gasteiger partial charge on any atom is 0.268 e. The zero-order valence-electron chi connectivity index (χ0n) is 13.0. The molecule has 1 N–H and O–H groups in total. The van der Waals surface area contributed by atoms with E-state index in [1.165, 1.54) is 38.5 Å². The zero-order chi connectivity index (χ0) is 14.6. The first-order chi connectivity index (χ1) is 9.77. The van der Waals surface area contributed by atoms with Crippen molar-refractivity contribution >= 4 is 5.69 Å². The van der Waals surface area contributed by atoms with Gasteiger partial charge < -0.3 is 5.32 Å². The van der Waals surface area contributed by atoms with Crippen LogP contribution in [0.1, 0.15) is 65.2 Å². The van der Waals surface area contributed by atoms with Crippen LogP contribution in [-0.2, 0) is 6.54 Å². The van der Waals surface area contributed by atoms with Gasteiger partial charge in [0.15, 0.2) is 0 Å². The summed E-state index contributed by atoms with van der Waals surface area (Å²) in [5, 5.41) is 7.40. The molecule has 4 nitrogen and oxygen atoms in total. The summed E-state index contributed by atoms with van der Waals surface area (Å²) in [6.07, 6.45) is 11.6. The molecule has 0 unspecified atom stereocenters. The molecule has 0 bridgehead atoms. The van der Waals surface area contributed by atoms with E-state index in [1.54, 1.807) is 16.9 Å². The lowest BCUT2D eigenvalue weighted by Crippen LogP contribution is -2.22. The number of anilines is 1. The lowest BCUT2D eigenvalue weighted by atomic mass is 10.1. The fourth-order valence-electron chi connectivity index (χ4n) is 2.19. The highest BCUT2D eigenvalue weighted by atomic mass is 16.1. The van der Waals surface area contributed by atoms with E-state index in [0.29, 0.717) is 0 Å². The van der Waals surface area contributed by atoms with Crippen molar-refractivity contribution in [3.8, 4) is 0 Å². The number of aromatic nitrogens is 2. The maximum atomic E-state index is 11.9. The van der Waals surface area contributed by atoms with Gasteiger partial charge in [-0.05, 0) is 12.8 Å². The van der Waals surface area contributed by atoms with Gasteiger partial charge in [-0.1, -0.05) is 52.4 Å². The second kappa shape index (κ2) is 10.5. The van der Waals surface area contributed by atoms with Crippen molar-refractivity contribution in [1.29, 1.82) is 0 Å². The third-order valence-electron chi connectivity index (χ3n) is 3.42. The summed E-state index contributed by atoms with van der Waals surface area (Å²) >= 11 is 0. The van der Waals surface area contributed by atoms with Crippen molar-refractivity contribution < 1.29 is 0 Å². The Hall–Kier alpha value is -1.32. The van der Waals surface area contributed by atoms with Gasteiger partial charge in [-0.25, -0.2) is 4.68 Å². The van der Waals surface area contributed by atoms with Gasteiger partial charge in [-0.3, -0.25) is 4.79 Å². The zero-order valence-corrected chi connectivity index (χ0v) is 13.0. The number of hydrogen-bond acceptors (Lipinski definition) is 3. The molecule has 0 saturated carbocycles. The molecule has 114 valence electrons. The minimum atomic E-state index is -0.00270. The van der Waals surface area contributed by atoms with Gasteiger partial charge in [0.2, 0.25) is 0 Å². The minimum absolute atomic E-state index is 0.00270. The predicted octanol–water partition coefficient (Wildman–Crippen LogP) is 3.82. The van der Waals surface area contributed by atoms with Crippen molar-refractivity contribution in [2.24, 2.45) is 0 Å². The molecule has 0 fully saturated rings. The Morgan fingerprint density at radius 1 is 1.05 bits per heavy atom. The first-order valence-corrected chi connectivity index (χ1v) is 8.09. The summed E-state index contributed by atoms with van der Waals surface area (Å²) in [4.78, 5) is 11.9. The van der Waals surface area contributed by atoms with E-state index in [1.807, 2.05) is 0 Å². The van der Waals surface area contributed by atoms with Crippen LogP contribution in [0.4, 0.5) is 5.69 Å². The number of hydrogen-bond donors (Lipinski definition) is 1. The van der Waals surface area contributed by atoms with Gasteiger partial charge in [0.05, 0.1) is 11.9 Å². The molecule has 0 radical (unpaired) electrons. The first kappa shape index (κ1) is 16.7. The number of nitrogens with zero attached hydrogens (tertiary/aromatic N) is 2. The van der Waals surface area contributed by atoms with Crippen LogP contribution in [0, 0.1) is 0 Å². The largest absolute Gasteiger partial charge is 0.384 e. The summed E-state index contributed by atoms with van der Waals surface area (Å²) in [5.41, 5.74) is 0.824. The highest BCUT2D eigenvalue weighted by Crippen LogP contribution is 2.07. The average Bonchev–Trinajstić information content (AvgIpc) is 2.46. The molecular formula is C16H29N3O. The topological polar surface area (TPSA) is 46.9 Å². The summed E-state index contributed by atoms with van der Waals surface area (Å²) in [5.74, 6) is 0. The normalized spacial score (nSPS) is 10.7. The van der Waals surface area contributed by atoms with Gasteiger partial charge in [0.1, 0.15) is 0 Å². The molecule has 0 aliphatic rings. The molecule has 0 amide bonds. The van der Waals surface area contributed by atoms with E-state index in [-0.39, 0.29) is 5.56 Å². The van der Waals surface area contributed by atoms with Crippen LogP contribution < -0.4 is 10.9 Å². The fraction of sp³-hybridized carbons (Fsp3) is 0.750. The van der Waals surface area contributed by atoms with Gasteiger partial charge in [0.25, 0.3) is 5.56 Å². The van der Waals surface area contributed by atoms with Crippen molar-refractivity contribution in [3.63, 3.8) is 0 Å². The van der Waals surface area contributed by atoms with E-state index < -0.39 is 0 Å². The van der Waals surface area contributed by atoms with Gasteiger partial charge in [-0.2, -0.15) is 5.10 Å². The molecule has 1 aromatic rings. The third-order valence-corrected chi connectivity index (χ3v) is 3.42. The molecule has 0 aliphatic carbocycles. The van der Waals surface area contributed by atoms with Crippen LogP contribution in [0.25, 0.3) is 0 Å². The van der Waals surface area contributed by atoms with E-state index in [0.717, 1.165) is 31.6 Å². The summed E-state index contributed by atoms with van der Waals surface area (Å²) in [6, 6.07) is 1.64. The smallest absolute Gasteiger partial charge is 0.268 e. The molecule has 0 saturated heterocycles. The number of aryl methyl sites for hydroxylation is 1. The molecule has 0 aliphatic heterocycles. The number of unbranched alkanes of at least 4 members (excludes halogenated alkanes) is 6. The SMILES string of the molecule is CCCCCCCCCn1ncc(NCCC)cc1=O. The van der Waals surface area contributed by atoms with Crippen LogP contribution in [0.15, 0.2) is 17.1 Å². The van der Waals surface area contributed by atoms with Crippen molar-refractivity contribution in [2.75, 3.05) is 11.9 Å². The monoisotopic (exact) mass is 279 g/mol. The Labute approximate surface area is 122 Å². The molecule has 20 heavy (non-hydrogen) atoms. The van der Waals surface area contributed by atoms with Crippen molar-refractivity contribution in [1.82, 2.24) is 9.78 Å². The Balaban J connectivity index is 2.25. The van der Waals surface area contributed by atoms with E-state index in [2.05, 4.69) is 24.3 Å². The minimum Gasteiger partial charge on any atom is -0.384 e. The molecule has 0 atom stereocenters. The fourth-order valence-corrected chi connectivity index (χ4v) is 2.19. The van der Waals surface area contributed by atoms with E-state index >= 15 is 0 Å². The maximum absolute atomic E-state index is 11.9. The summed E-state index contributed by atoms with van der Waals surface area (Å²) in [7, 11) is 0. The molecule has 0 spiro atoms. The van der Waals surface area contributed by atoms with Gasteiger partial charge >= 0.3 is 0 Å². The second-order valence-electron chi connectivity index (χ2n) is 5.35. The summed E-state index contributed by atoms with van der Waals surface area (Å²) in [6.45, 7) is 5.95. The molecular weight excluding hydrogens is 250 g/mol. The van der Waals surface area contributed by atoms with Crippen LogP contribution in [0.5, 0.6) is 0 Å². The van der Waals surface area contributed by atoms with E-state index in [9.17, 15) is 4.79 Å². The standard InChI is InChI=1S/C16H29N3O/c1-3-5-6-7-8-9-10-12-19-16(20)13-15(14-18-19)17-11-4-2/h13-14,17H,3-12H2,1-2H3. The number of nitrogens with one attached hydrogen (secondary N) is 1. The lowest BCUT2D eigenvalue weighted by molar-refractivity contribution is 0.506. The Bertz CT molecular complexity index is 414. The van der Waals surface area contributed by atoms with Gasteiger partial charge in [-0.15, -0.1) is 0 Å². The Kier molecular flexibility index (Phi) is 8.76. The average molecular weight is 279 g/mol. The number of rotatable bonds is 11. The van der Waals surface area contributed by atoms with Crippen LogP contribution in [0.2, 0.25) is 0 Å².